The van der Waals surface area contributed by atoms with Crippen LogP contribution in [0.5, 0.6) is 0 Å². The Kier molecular flexibility index (Phi) is 6.85. The fourth-order valence-electron chi connectivity index (χ4n) is 3.10. The van der Waals surface area contributed by atoms with Crippen molar-refractivity contribution in [3.63, 3.8) is 0 Å². The highest BCUT2D eigenvalue weighted by Crippen LogP contribution is 2.30. The van der Waals surface area contributed by atoms with Gasteiger partial charge in [0.15, 0.2) is 0 Å². The summed E-state index contributed by atoms with van der Waals surface area (Å²) in [5.74, 6) is 0.539. The normalized spacial score (nSPS) is 15.7. The molecule has 1 atom stereocenters. The molecule has 0 N–H and O–H groups in total. The van der Waals surface area contributed by atoms with Crippen molar-refractivity contribution in [1.29, 1.82) is 0 Å². The lowest BCUT2D eigenvalue weighted by Gasteiger charge is -2.31. The van der Waals surface area contributed by atoms with E-state index in [2.05, 4.69) is 29.6 Å². The van der Waals surface area contributed by atoms with E-state index < -0.39 is 26.7 Å². The number of alkyl halides is 3. The second-order valence-corrected chi connectivity index (χ2v) is 14.1. The van der Waals surface area contributed by atoms with E-state index in [0.29, 0.717) is 24.8 Å². The molecule has 0 spiro atoms. The first-order valence-electron chi connectivity index (χ1n) is 9.90. The maximum absolute atomic E-state index is 13.2. The van der Waals surface area contributed by atoms with E-state index in [4.69, 9.17) is 4.74 Å². The summed E-state index contributed by atoms with van der Waals surface area (Å²) in [7, 11) is -1.17. The number of anilines is 1. The quantitative estimate of drug-likeness (QED) is 0.320. The molecule has 3 rings (SSSR count). The third kappa shape index (κ3) is 5.73. The molecule has 0 saturated carbocycles. The van der Waals surface area contributed by atoms with Crippen LogP contribution < -0.4 is 4.90 Å². The number of halogens is 3. The van der Waals surface area contributed by atoms with E-state index in [1.54, 1.807) is 4.90 Å². The topological polar surface area (TPSA) is 63.5 Å². The molecule has 0 amide bonds. The van der Waals surface area contributed by atoms with Crippen molar-refractivity contribution < 1.29 is 22.7 Å². The fourth-order valence-corrected chi connectivity index (χ4v) is 3.86. The maximum atomic E-state index is 13.2. The molecule has 0 radical (unpaired) electrons. The largest absolute Gasteiger partial charge is 0.409 e. The second kappa shape index (κ2) is 9.23. The van der Waals surface area contributed by atoms with E-state index in [-0.39, 0.29) is 6.29 Å². The van der Waals surface area contributed by atoms with Crippen LogP contribution in [0.15, 0.2) is 43.4 Å². The molecule has 0 bridgehead atoms. The number of carbonyl (C=O) groups excluding carboxylic acids is 1. The molecule has 0 fully saturated rings. The number of aromatic nitrogens is 3. The number of fused-ring (bicyclic) bond motifs is 1. The number of carbonyl (C=O) groups is 1. The van der Waals surface area contributed by atoms with Crippen LogP contribution >= 0.6 is 0 Å². The summed E-state index contributed by atoms with van der Waals surface area (Å²) in [6.45, 7) is 7.91. The molecule has 3 heterocycles. The second-order valence-electron chi connectivity index (χ2n) is 8.48. The molecule has 1 aliphatic rings. The average Bonchev–Trinajstić information content (AvgIpc) is 3.11. The van der Waals surface area contributed by atoms with Gasteiger partial charge in [-0.3, -0.25) is 0 Å². The van der Waals surface area contributed by atoms with Crippen LogP contribution in [-0.2, 0) is 16.3 Å². The van der Waals surface area contributed by atoms with Crippen LogP contribution in [0.25, 0.3) is 11.0 Å². The predicted octanol–water partition coefficient (Wildman–Crippen LogP) is 4.33. The van der Waals surface area contributed by atoms with Crippen molar-refractivity contribution in [3.8, 4) is 0 Å². The van der Waals surface area contributed by atoms with Crippen LogP contribution in [0.1, 0.15) is 6.42 Å². The molecule has 0 saturated heterocycles. The van der Waals surface area contributed by atoms with E-state index in [1.165, 1.54) is 31.1 Å². The molecule has 1 aliphatic heterocycles. The molecule has 7 nitrogen and oxygen atoms in total. The Labute approximate surface area is 179 Å². The average molecular weight is 454 g/mol. The highest BCUT2D eigenvalue weighted by atomic mass is 28.3. The third-order valence-electron chi connectivity index (χ3n) is 4.86. The monoisotopic (exact) mass is 453 g/mol. The summed E-state index contributed by atoms with van der Waals surface area (Å²) in [6, 6.07) is 1.01. The molecule has 168 valence electrons. The summed E-state index contributed by atoms with van der Waals surface area (Å²) < 4.78 is 47.3. The van der Waals surface area contributed by atoms with Gasteiger partial charge >= 0.3 is 6.18 Å². The van der Waals surface area contributed by atoms with Gasteiger partial charge in [0.2, 0.25) is 0 Å². The Hall–Kier alpha value is -2.66. The lowest BCUT2D eigenvalue weighted by Crippen LogP contribution is -2.41. The number of aldehydes is 1. The molecule has 2 aromatic rings. The zero-order valence-corrected chi connectivity index (χ0v) is 18.7. The standard InChI is InChI=1S/C20H26F3N5O2Si/c1-31(2,3)13-12-30-15-28-6-4-16-18(24-14-25-19(16)28)27-9-7-26(8-10-27)17(5-11-29)20(21,22)23/h4,6-11,14,17H,5,12-13,15H2,1-3H3. The third-order valence-corrected chi connectivity index (χ3v) is 6.57. The lowest BCUT2D eigenvalue weighted by molar-refractivity contribution is -0.173. The van der Waals surface area contributed by atoms with Crippen LogP contribution in [0, 0.1) is 0 Å². The molecular formula is C20H26F3N5O2Si. The van der Waals surface area contributed by atoms with Crippen LogP contribution in [0.3, 0.4) is 0 Å². The minimum atomic E-state index is -4.52. The van der Waals surface area contributed by atoms with Crippen molar-refractivity contribution in [2.24, 2.45) is 0 Å². The van der Waals surface area contributed by atoms with Gasteiger partial charge in [-0.15, -0.1) is 0 Å². The van der Waals surface area contributed by atoms with Crippen molar-refractivity contribution in [1.82, 2.24) is 19.4 Å². The number of nitrogens with zero attached hydrogens (tertiary/aromatic N) is 5. The lowest BCUT2D eigenvalue weighted by atomic mass is 10.2. The molecule has 0 aliphatic carbocycles. The summed E-state index contributed by atoms with van der Waals surface area (Å²) >= 11 is 0. The van der Waals surface area contributed by atoms with Gasteiger partial charge < -0.3 is 23.9 Å². The zero-order chi connectivity index (χ0) is 22.6. The van der Waals surface area contributed by atoms with E-state index in [9.17, 15) is 18.0 Å². The molecule has 1 unspecified atom stereocenters. The Morgan fingerprint density at radius 2 is 1.87 bits per heavy atom. The maximum Gasteiger partial charge on any atom is 0.409 e. The van der Waals surface area contributed by atoms with Crippen molar-refractivity contribution in [2.75, 3.05) is 11.5 Å². The van der Waals surface area contributed by atoms with Crippen LogP contribution in [0.2, 0.25) is 25.7 Å². The van der Waals surface area contributed by atoms with Gasteiger partial charge in [-0.25, -0.2) is 9.97 Å². The van der Waals surface area contributed by atoms with Crippen LogP contribution in [0.4, 0.5) is 19.0 Å². The van der Waals surface area contributed by atoms with Crippen LogP contribution in [-0.4, -0.2) is 52.6 Å². The van der Waals surface area contributed by atoms with E-state index >= 15 is 0 Å². The van der Waals surface area contributed by atoms with Gasteiger partial charge in [0.25, 0.3) is 0 Å². The minimum absolute atomic E-state index is 0.272. The van der Waals surface area contributed by atoms with Gasteiger partial charge in [-0.1, -0.05) is 19.6 Å². The molecule has 2 aromatic heterocycles. The Morgan fingerprint density at radius 1 is 1.16 bits per heavy atom. The number of hydrogen-bond acceptors (Lipinski definition) is 6. The Morgan fingerprint density at radius 3 is 2.48 bits per heavy atom. The summed E-state index contributed by atoms with van der Waals surface area (Å²) in [6.07, 6.45) is 3.90. The smallest absolute Gasteiger partial charge is 0.361 e. The van der Waals surface area contributed by atoms with Gasteiger partial charge in [-0.05, 0) is 12.1 Å². The predicted molar refractivity (Wildman–Crippen MR) is 115 cm³/mol. The van der Waals surface area contributed by atoms with Crippen molar-refractivity contribution >= 4 is 31.2 Å². The molecule has 31 heavy (non-hydrogen) atoms. The number of rotatable bonds is 9. The van der Waals surface area contributed by atoms with Crippen molar-refractivity contribution in [3.05, 3.63) is 43.4 Å². The molecule has 0 aromatic carbocycles. The van der Waals surface area contributed by atoms with Gasteiger partial charge in [0.1, 0.15) is 36.9 Å². The number of ether oxygens (including phenoxy) is 1. The Bertz CT molecular complexity index is 954. The molecular weight excluding hydrogens is 427 g/mol. The highest BCUT2D eigenvalue weighted by Gasteiger charge is 2.42. The zero-order valence-electron chi connectivity index (χ0n) is 17.7. The van der Waals surface area contributed by atoms with E-state index in [0.717, 1.165) is 16.3 Å². The summed E-state index contributed by atoms with van der Waals surface area (Å²) in [5, 5.41) is 0.749. The highest BCUT2D eigenvalue weighted by molar-refractivity contribution is 6.76. The molecule has 11 heteroatoms. The van der Waals surface area contributed by atoms with E-state index in [1.807, 2.05) is 16.8 Å². The van der Waals surface area contributed by atoms with Gasteiger partial charge in [-0.2, -0.15) is 13.2 Å². The van der Waals surface area contributed by atoms with Gasteiger partial charge in [0.05, 0.1) is 5.39 Å². The van der Waals surface area contributed by atoms with Gasteiger partial charge in [0, 0.05) is 52.1 Å². The minimum Gasteiger partial charge on any atom is -0.361 e. The Balaban J connectivity index is 1.73. The first-order valence-corrected chi connectivity index (χ1v) is 13.6. The first-order chi connectivity index (χ1) is 14.6. The fraction of sp³-hybridized carbons (Fsp3) is 0.450. The summed E-state index contributed by atoms with van der Waals surface area (Å²) in [4.78, 5) is 21.9. The summed E-state index contributed by atoms with van der Waals surface area (Å²) in [5.41, 5.74) is 0.677. The SMILES string of the molecule is C[Si](C)(C)CCOCn1ccc2c(N3C=CN(C(CC=O)C(F)(F)F)C=C3)ncnc21. The first kappa shape index (κ1) is 23.0. The van der Waals surface area contributed by atoms with Crippen molar-refractivity contribution in [2.45, 2.75) is 51.1 Å². The number of hydrogen-bond donors (Lipinski definition) is 0.